The Hall–Kier alpha value is -3.66. The smallest absolute Gasteiger partial charge is 0.280 e. The van der Waals surface area contributed by atoms with Gasteiger partial charge in [-0.3, -0.25) is 19.1 Å². The molecule has 4 N–H and O–H groups in total. The number of amidine groups is 1. The van der Waals surface area contributed by atoms with E-state index >= 15 is 0 Å². The highest BCUT2D eigenvalue weighted by Crippen LogP contribution is 2.37. The molecular weight excluding hydrogens is 442 g/mol. The van der Waals surface area contributed by atoms with E-state index in [1.807, 2.05) is 13.0 Å². The lowest BCUT2D eigenvalue weighted by Crippen LogP contribution is -2.39. The van der Waals surface area contributed by atoms with E-state index in [4.69, 9.17) is 5.73 Å². The van der Waals surface area contributed by atoms with Crippen molar-refractivity contribution in [1.82, 2.24) is 9.88 Å². The molecule has 0 saturated heterocycles. The highest BCUT2D eigenvalue weighted by atomic mass is 32.2. The van der Waals surface area contributed by atoms with Crippen LogP contribution in [0.5, 0.6) is 0 Å². The highest BCUT2D eigenvalue weighted by molar-refractivity contribution is 7.92. The Kier molecular flexibility index (Phi) is 5.71. The zero-order valence-electron chi connectivity index (χ0n) is 18.3. The molecule has 2 aromatic rings. The fraction of sp³-hybridized carbons (Fsp3) is 0.261. The largest absolute Gasteiger partial charge is 0.382 e. The van der Waals surface area contributed by atoms with Gasteiger partial charge in [-0.2, -0.15) is 0 Å². The molecule has 1 aromatic carbocycles. The summed E-state index contributed by atoms with van der Waals surface area (Å²) in [5.74, 6) is 0.114. The topological polar surface area (TPSA) is 136 Å². The Morgan fingerprint density at radius 3 is 2.70 bits per heavy atom. The lowest BCUT2D eigenvalue weighted by Gasteiger charge is -2.30. The minimum absolute atomic E-state index is 0.0139. The molecular formula is C23H25N5O4S. The molecule has 172 valence electrons. The number of nitrogens with zero attached hydrogens (tertiary/aromatic N) is 2. The molecule has 2 atom stereocenters. The first-order valence-corrected chi connectivity index (χ1v) is 12.0. The summed E-state index contributed by atoms with van der Waals surface area (Å²) in [6.45, 7) is 7.66. The number of pyridine rings is 1. The number of nitrogens with two attached hydrogens (primary N) is 1. The van der Waals surface area contributed by atoms with Crippen molar-refractivity contribution in [3.8, 4) is 0 Å². The monoisotopic (exact) mass is 467 g/mol. The number of dihydropyridines is 1. The Labute approximate surface area is 191 Å². The molecule has 0 radical (unpaired) electrons. The van der Waals surface area contributed by atoms with Crippen LogP contribution in [-0.4, -0.2) is 44.4 Å². The van der Waals surface area contributed by atoms with Gasteiger partial charge < -0.3 is 16.4 Å². The number of amides is 1. The summed E-state index contributed by atoms with van der Waals surface area (Å²) in [6.07, 6.45) is 0.546. The van der Waals surface area contributed by atoms with Crippen molar-refractivity contribution in [2.75, 3.05) is 18.4 Å². The van der Waals surface area contributed by atoms with Crippen molar-refractivity contribution in [2.45, 2.75) is 30.0 Å². The quantitative estimate of drug-likeness (QED) is 0.569. The zero-order valence-corrected chi connectivity index (χ0v) is 19.1. The van der Waals surface area contributed by atoms with Crippen LogP contribution in [0, 0.1) is 6.92 Å². The average molecular weight is 468 g/mol. The van der Waals surface area contributed by atoms with Gasteiger partial charge in [-0.1, -0.05) is 36.9 Å². The third-order valence-corrected chi connectivity index (χ3v) is 8.13. The Balaban J connectivity index is 1.92. The fourth-order valence-corrected chi connectivity index (χ4v) is 6.19. The van der Waals surface area contributed by atoms with Gasteiger partial charge in [0.25, 0.3) is 5.56 Å². The van der Waals surface area contributed by atoms with E-state index < -0.39 is 20.6 Å². The second kappa shape index (κ2) is 8.36. The SMILES string of the molecule is C=C1C(CNC=O)=C(n2c(C)cc3c(c2=O)NCC(c2ccccc2)S3(=O)=O)C(N)=NC1C. The number of carbonyl (C=O) groups excluding carboxylic acids is 1. The second-order valence-corrected chi connectivity index (χ2v) is 10.1. The maximum atomic E-state index is 13.6. The average Bonchev–Trinajstić information content (AvgIpc) is 2.78. The maximum Gasteiger partial charge on any atom is 0.280 e. The first-order chi connectivity index (χ1) is 15.7. The van der Waals surface area contributed by atoms with Crippen LogP contribution in [0.25, 0.3) is 5.70 Å². The molecule has 0 saturated carbocycles. The predicted octanol–water partition coefficient (Wildman–Crippen LogP) is 1.37. The number of hydrogen-bond acceptors (Lipinski definition) is 7. The lowest BCUT2D eigenvalue weighted by atomic mass is 9.95. The number of aryl methyl sites for hydroxylation is 1. The van der Waals surface area contributed by atoms with E-state index in [0.29, 0.717) is 34.5 Å². The summed E-state index contributed by atoms with van der Waals surface area (Å²) >= 11 is 0. The van der Waals surface area contributed by atoms with Crippen molar-refractivity contribution in [3.63, 3.8) is 0 Å². The zero-order chi connectivity index (χ0) is 23.9. The normalized spacial score (nSPS) is 21.6. The summed E-state index contributed by atoms with van der Waals surface area (Å²) in [5, 5.41) is 4.80. The van der Waals surface area contributed by atoms with Crippen molar-refractivity contribution in [1.29, 1.82) is 0 Å². The van der Waals surface area contributed by atoms with E-state index in [1.165, 1.54) is 10.6 Å². The molecule has 2 aliphatic heterocycles. The molecule has 1 amide bonds. The van der Waals surface area contributed by atoms with Gasteiger partial charge >= 0.3 is 0 Å². The lowest BCUT2D eigenvalue weighted by molar-refractivity contribution is -0.109. The number of fused-ring (bicyclic) bond motifs is 1. The van der Waals surface area contributed by atoms with Crippen LogP contribution in [0.15, 0.2) is 68.8 Å². The summed E-state index contributed by atoms with van der Waals surface area (Å²) in [5.41, 5.74) is 8.15. The molecule has 33 heavy (non-hydrogen) atoms. The van der Waals surface area contributed by atoms with Gasteiger partial charge in [-0.15, -0.1) is 0 Å². The number of benzene rings is 1. The summed E-state index contributed by atoms with van der Waals surface area (Å²) < 4.78 is 28.2. The van der Waals surface area contributed by atoms with Crippen LogP contribution in [0.3, 0.4) is 0 Å². The standard InChI is InChI=1S/C23H25N5O4S/c1-13-9-18-20(26-11-19(33(18,31)32)16-7-5-4-6-8-16)23(30)28(13)21-17(10-25-12-29)14(2)15(3)27-22(21)24/h4-9,12,15,19,26H,2,10-11H2,1,3H3,(H2,24,27)(H,25,29). The van der Waals surface area contributed by atoms with Gasteiger partial charge in [0.1, 0.15) is 16.8 Å². The first kappa shape index (κ1) is 22.5. The van der Waals surface area contributed by atoms with Gasteiger partial charge in [-0.25, -0.2) is 8.42 Å². The van der Waals surface area contributed by atoms with Crippen molar-refractivity contribution in [3.05, 3.63) is 75.7 Å². The minimum atomic E-state index is -3.82. The number of sulfone groups is 1. The minimum Gasteiger partial charge on any atom is -0.382 e. The van der Waals surface area contributed by atoms with E-state index in [9.17, 15) is 18.0 Å². The number of anilines is 1. The van der Waals surface area contributed by atoms with E-state index in [0.717, 1.165) is 0 Å². The van der Waals surface area contributed by atoms with Gasteiger partial charge in [0, 0.05) is 24.4 Å². The molecule has 10 heteroatoms. The van der Waals surface area contributed by atoms with Gasteiger partial charge in [-0.05, 0) is 31.1 Å². The molecule has 1 aromatic heterocycles. The number of hydrogen-bond donors (Lipinski definition) is 3. The number of nitrogens with one attached hydrogen (secondary N) is 2. The van der Waals surface area contributed by atoms with Gasteiger partial charge in [0.15, 0.2) is 9.84 Å². The molecule has 0 bridgehead atoms. The van der Waals surface area contributed by atoms with Crippen LogP contribution >= 0.6 is 0 Å². The predicted molar refractivity (Wildman–Crippen MR) is 128 cm³/mol. The number of aromatic nitrogens is 1. The van der Waals surface area contributed by atoms with E-state index in [2.05, 4.69) is 22.2 Å². The molecule has 3 heterocycles. The highest BCUT2D eigenvalue weighted by Gasteiger charge is 2.38. The van der Waals surface area contributed by atoms with Crippen LogP contribution in [-0.2, 0) is 14.6 Å². The molecule has 2 aliphatic rings. The maximum absolute atomic E-state index is 13.6. The molecule has 4 rings (SSSR count). The summed E-state index contributed by atoms with van der Waals surface area (Å²) in [7, 11) is -3.82. The fourth-order valence-electron chi connectivity index (χ4n) is 4.29. The Morgan fingerprint density at radius 1 is 1.33 bits per heavy atom. The molecule has 2 unspecified atom stereocenters. The van der Waals surface area contributed by atoms with Crippen LogP contribution in [0.2, 0.25) is 0 Å². The molecule has 0 spiro atoms. The first-order valence-electron chi connectivity index (χ1n) is 10.4. The van der Waals surface area contributed by atoms with Crippen LogP contribution in [0.4, 0.5) is 5.69 Å². The van der Waals surface area contributed by atoms with E-state index in [-0.39, 0.29) is 35.5 Å². The second-order valence-electron chi connectivity index (χ2n) is 8.03. The van der Waals surface area contributed by atoms with Gasteiger partial charge in [0.2, 0.25) is 6.41 Å². The number of aliphatic imine (C=N–C) groups is 1. The number of carbonyl (C=O) groups is 1. The van der Waals surface area contributed by atoms with E-state index in [1.54, 1.807) is 31.2 Å². The Bertz CT molecular complexity index is 1370. The summed E-state index contributed by atoms with van der Waals surface area (Å²) in [6, 6.07) is 10.0. The molecule has 0 fully saturated rings. The van der Waals surface area contributed by atoms with Gasteiger partial charge in [0.05, 0.1) is 16.6 Å². The third-order valence-electron chi connectivity index (χ3n) is 6.01. The van der Waals surface area contributed by atoms with Crippen molar-refractivity contribution < 1.29 is 13.2 Å². The summed E-state index contributed by atoms with van der Waals surface area (Å²) in [4.78, 5) is 28.9. The van der Waals surface area contributed by atoms with Crippen molar-refractivity contribution in [2.24, 2.45) is 10.7 Å². The third kappa shape index (κ3) is 3.66. The van der Waals surface area contributed by atoms with Crippen LogP contribution in [0.1, 0.15) is 23.4 Å². The van der Waals surface area contributed by atoms with Crippen LogP contribution < -0.4 is 21.9 Å². The van der Waals surface area contributed by atoms with Crippen molar-refractivity contribution >= 4 is 33.5 Å². The molecule has 9 nitrogen and oxygen atoms in total. The number of rotatable bonds is 5. The Morgan fingerprint density at radius 2 is 2.03 bits per heavy atom. The molecule has 0 aliphatic carbocycles.